The molecule has 0 aliphatic rings. The summed E-state index contributed by atoms with van der Waals surface area (Å²) >= 11 is 7.78. The second kappa shape index (κ2) is 4.95. The van der Waals surface area contributed by atoms with Crippen molar-refractivity contribution in [3.63, 3.8) is 0 Å². The van der Waals surface area contributed by atoms with Gasteiger partial charge in [-0.15, -0.1) is 12.6 Å². The second-order valence-corrected chi connectivity index (χ2v) is 2.64. The minimum atomic E-state index is 0. The van der Waals surface area contributed by atoms with Gasteiger partial charge in [-0.1, -0.05) is 12.1 Å². The van der Waals surface area contributed by atoms with E-state index in [-0.39, 0.29) is 17.1 Å². The van der Waals surface area contributed by atoms with Crippen molar-refractivity contribution in [2.75, 3.05) is 4.47 Å². The summed E-state index contributed by atoms with van der Waals surface area (Å²) in [5.74, 6) is 0. The van der Waals surface area contributed by atoms with Crippen molar-refractivity contribution in [1.82, 2.24) is 0 Å². The first-order chi connectivity index (χ1) is 4.72. The van der Waals surface area contributed by atoms with Crippen LogP contribution in [0.2, 0.25) is 0 Å². The summed E-state index contributed by atoms with van der Waals surface area (Å²) in [4.78, 5) is 0.694. The van der Waals surface area contributed by atoms with E-state index in [4.69, 9.17) is 5.21 Å². The van der Waals surface area contributed by atoms with Gasteiger partial charge in [-0.05, 0) is 24.9 Å². The van der Waals surface area contributed by atoms with E-state index in [0.717, 1.165) is 4.47 Å². The molecule has 0 aromatic heterocycles. The van der Waals surface area contributed by atoms with Crippen LogP contribution in [0.25, 0.3) is 0 Å². The summed E-state index contributed by atoms with van der Waals surface area (Å²) in [6, 6.07) is 7.13. The maximum absolute atomic E-state index is 8.85. The minimum Gasteiger partial charge on any atom is -0.278 e. The Morgan fingerprint density at radius 3 is 2.18 bits per heavy atom. The molecule has 0 heterocycles. The molecule has 5 heteroatoms. The van der Waals surface area contributed by atoms with Gasteiger partial charge in [0.2, 0.25) is 0 Å². The number of benzene rings is 1. The third kappa shape index (κ3) is 2.97. The second-order valence-electron chi connectivity index (χ2n) is 1.78. The van der Waals surface area contributed by atoms with E-state index < -0.39 is 0 Å². The minimum absolute atomic E-state index is 0. The van der Waals surface area contributed by atoms with Crippen LogP contribution in [0.15, 0.2) is 29.2 Å². The van der Waals surface area contributed by atoms with Crippen LogP contribution in [-0.2, 0) is 17.1 Å². The summed E-state index contributed by atoms with van der Waals surface area (Å²) in [5.41, 5.74) is 0.578. The summed E-state index contributed by atoms with van der Waals surface area (Å²) in [5, 5.41) is 8.85. The average molecular weight is 237 g/mol. The van der Waals surface area contributed by atoms with Gasteiger partial charge in [0, 0.05) is 22.0 Å². The molecule has 0 atom stereocenters. The van der Waals surface area contributed by atoms with Crippen LogP contribution >= 0.6 is 25.4 Å². The fourth-order valence-electron chi connectivity index (χ4n) is 0.633. The quantitative estimate of drug-likeness (QED) is 0.395. The van der Waals surface area contributed by atoms with E-state index in [1.807, 2.05) is 6.07 Å². The first-order valence-corrected chi connectivity index (χ1v) is 3.52. The molecule has 1 rings (SSSR count). The Kier molecular flexibility index (Phi) is 5.04. The van der Waals surface area contributed by atoms with Crippen LogP contribution in [0.3, 0.4) is 0 Å². The van der Waals surface area contributed by atoms with Gasteiger partial charge in [0.05, 0.1) is 5.69 Å². The van der Waals surface area contributed by atoms with Crippen LogP contribution in [-0.4, -0.2) is 5.21 Å². The molecule has 11 heavy (non-hydrogen) atoms. The van der Waals surface area contributed by atoms with E-state index in [9.17, 15) is 0 Å². The molecule has 0 spiro atoms. The van der Waals surface area contributed by atoms with Gasteiger partial charge in [0.25, 0.3) is 0 Å². The zero-order valence-electron chi connectivity index (χ0n) is 5.40. The van der Waals surface area contributed by atoms with Crippen LogP contribution in [0.1, 0.15) is 0 Å². The molecule has 0 amide bonds. The monoisotopic (exact) mass is 236 g/mol. The van der Waals surface area contributed by atoms with Crippen LogP contribution in [0, 0.1) is 0 Å². The third-order valence-electron chi connectivity index (χ3n) is 1.10. The van der Waals surface area contributed by atoms with Gasteiger partial charge >= 0.3 is 0 Å². The Balaban J connectivity index is 0.000001000. The molecule has 1 N–H and O–H groups in total. The van der Waals surface area contributed by atoms with Crippen LogP contribution in [0.5, 0.6) is 0 Å². The van der Waals surface area contributed by atoms with Crippen molar-refractivity contribution >= 4 is 31.1 Å². The Labute approximate surface area is 87.0 Å². The standard InChI is InChI=1S/C6H7NOS2.Cu/c8-7(10)5-3-1-2-4-6(5)9;/h1-4,8-10H;. The molecule has 1 aromatic carbocycles. The number of anilines is 1. The Morgan fingerprint density at radius 1 is 1.27 bits per heavy atom. The molecule has 0 bridgehead atoms. The topological polar surface area (TPSA) is 23.5 Å². The molecule has 2 nitrogen and oxygen atoms in total. The molecule has 0 unspecified atom stereocenters. The predicted octanol–water partition coefficient (Wildman–Crippen LogP) is 2.01. The largest absolute Gasteiger partial charge is 0.278 e. The fraction of sp³-hybridized carbons (Fsp3) is 0. The Bertz CT molecular complexity index is 232. The Morgan fingerprint density at radius 2 is 1.82 bits per heavy atom. The van der Waals surface area contributed by atoms with Crippen LogP contribution < -0.4 is 4.47 Å². The number of thiol groups is 2. The smallest absolute Gasteiger partial charge is 0.0894 e. The zero-order chi connectivity index (χ0) is 7.56. The normalized spacial score (nSPS) is 8.64. The van der Waals surface area contributed by atoms with Crippen molar-refractivity contribution in [2.45, 2.75) is 4.90 Å². The average Bonchev–Trinajstić information content (AvgIpc) is 1.88. The predicted molar refractivity (Wildman–Crippen MR) is 46.9 cm³/mol. The SMILES string of the molecule is ON(S)c1ccccc1S.[Cu]. The van der Waals surface area contributed by atoms with Gasteiger partial charge in [0.1, 0.15) is 0 Å². The van der Waals surface area contributed by atoms with Crippen molar-refractivity contribution in [1.29, 1.82) is 0 Å². The van der Waals surface area contributed by atoms with E-state index in [2.05, 4.69) is 25.4 Å². The number of para-hydroxylation sites is 1. The van der Waals surface area contributed by atoms with Gasteiger partial charge < -0.3 is 0 Å². The van der Waals surface area contributed by atoms with Gasteiger partial charge in [0.15, 0.2) is 0 Å². The van der Waals surface area contributed by atoms with Gasteiger partial charge in [-0.25, -0.2) is 4.47 Å². The summed E-state index contributed by atoms with van der Waals surface area (Å²) in [6.07, 6.45) is 0. The van der Waals surface area contributed by atoms with E-state index >= 15 is 0 Å². The number of hydrogen-bond acceptors (Lipinski definition) is 4. The van der Waals surface area contributed by atoms with E-state index in [1.165, 1.54) is 0 Å². The van der Waals surface area contributed by atoms with Crippen LogP contribution in [0.4, 0.5) is 5.69 Å². The number of hydrogen-bond donors (Lipinski definition) is 3. The van der Waals surface area contributed by atoms with E-state index in [1.54, 1.807) is 18.2 Å². The van der Waals surface area contributed by atoms with Gasteiger partial charge in [-0.3, -0.25) is 5.21 Å². The Hall–Kier alpha value is 0.199. The third-order valence-corrected chi connectivity index (χ3v) is 1.69. The molecule has 1 aromatic rings. The maximum Gasteiger partial charge on any atom is 0.0894 e. The number of nitrogens with zero attached hydrogens (tertiary/aromatic N) is 1. The molecule has 0 saturated heterocycles. The number of rotatable bonds is 1. The molecule has 1 radical (unpaired) electrons. The summed E-state index contributed by atoms with van der Waals surface area (Å²) in [7, 11) is 0. The molecule has 0 aliphatic carbocycles. The van der Waals surface area contributed by atoms with Crippen molar-refractivity contribution in [3.05, 3.63) is 24.3 Å². The molecule has 65 valence electrons. The molecule has 0 fully saturated rings. The van der Waals surface area contributed by atoms with Gasteiger partial charge in [-0.2, -0.15) is 0 Å². The van der Waals surface area contributed by atoms with Crippen molar-refractivity contribution < 1.29 is 22.3 Å². The molecule has 0 saturated carbocycles. The first kappa shape index (κ1) is 11.2. The summed E-state index contributed by atoms with van der Waals surface area (Å²) < 4.78 is 0.738. The molecular weight excluding hydrogens is 230 g/mol. The molecular formula is C6H7CuNOS2. The summed E-state index contributed by atoms with van der Waals surface area (Å²) in [6.45, 7) is 0. The first-order valence-electron chi connectivity index (χ1n) is 2.67. The van der Waals surface area contributed by atoms with Crippen molar-refractivity contribution in [2.24, 2.45) is 0 Å². The maximum atomic E-state index is 8.85. The molecule has 0 aliphatic heterocycles. The van der Waals surface area contributed by atoms with E-state index in [0.29, 0.717) is 10.6 Å². The van der Waals surface area contributed by atoms with Crippen molar-refractivity contribution in [3.8, 4) is 0 Å². The fourth-order valence-corrected chi connectivity index (χ4v) is 1.14. The zero-order valence-corrected chi connectivity index (χ0v) is 8.13.